The molecule has 170 valence electrons. The molecule has 0 atom stereocenters. The number of rotatable bonds is 8. The number of benzene rings is 2. The Morgan fingerprint density at radius 1 is 1.06 bits per heavy atom. The van der Waals surface area contributed by atoms with Crippen LogP contribution in [0.2, 0.25) is 0 Å². The number of carbonyl (C=O) groups excluding carboxylic acids is 2. The van der Waals surface area contributed by atoms with E-state index in [1.54, 1.807) is 26.4 Å². The molecule has 1 aliphatic rings. The van der Waals surface area contributed by atoms with E-state index in [-0.39, 0.29) is 17.6 Å². The summed E-state index contributed by atoms with van der Waals surface area (Å²) in [5, 5.41) is 8.92. The van der Waals surface area contributed by atoms with Crippen LogP contribution in [0.25, 0.3) is 0 Å². The first-order chi connectivity index (χ1) is 16.1. The van der Waals surface area contributed by atoms with Gasteiger partial charge in [0.2, 0.25) is 5.91 Å². The van der Waals surface area contributed by atoms with Crippen molar-refractivity contribution in [2.45, 2.75) is 19.3 Å². The van der Waals surface area contributed by atoms with Crippen molar-refractivity contribution in [2.24, 2.45) is 5.10 Å². The SMILES string of the molecule is COc1ccc(C2=NN(CCc3ccc(NC(=O)c4ccco4)cc3)C(=O)CC2)cc1OC. The third-order valence-corrected chi connectivity index (χ3v) is 5.39. The number of carbonyl (C=O) groups is 2. The molecule has 4 rings (SSSR count). The molecule has 0 aliphatic carbocycles. The Morgan fingerprint density at radius 3 is 2.55 bits per heavy atom. The van der Waals surface area contributed by atoms with Crippen molar-refractivity contribution in [1.29, 1.82) is 0 Å². The van der Waals surface area contributed by atoms with E-state index in [0.717, 1.165) is 16.8 Å². The summed E-state index contributed by atoms with van der Waals surface area (Å²) in [6, 6.07) is 16.4. The lowest BCUT2D eigenvalue weighted by Gasteiger charge is -2.24. The number of nitrogens with zero attached hydrogens (tertiary/aromatic N) is 2. The lowest BCUT2D eigenvalue weighted by molar-refractivity contribution is -0.131. The maximum atomic E-state index is 12.4. The van der Waals surface area contributed by atoms with Crippen molar-refractivity contribution in [3.8, 4) is 11.5 Å². The van der Waals surface area contributed by atoms with Gasteiger partial charge in [-0.25, -0.2) is 5.01 Å². The number of anilines is 1. The van der Waals surface area contributed by atoms with Gasteiger partial charge in [0.25, 0.3) is 5.91 Å². The summed E-state index contributed by atoms with van der Waals surface area (Å²) < 4.78 is 15.8. The number of methoxy groups -OCH3 is 2. The van der Waals surface area contributed by atoms with Crippen molar-refractivity contribution in [2.75, 3.05) is 26.1 Å². The second kappa shape index (κ2) is 10.0. The van der Waals surface area contributed by atoms with Gasteiger partial charge in [-0.2, -0.15) is 5.10 Å². The Hall–Kier alpha value is -4.07. The van der Waals surface area contributed by atoms with E-state index in [1.807, 2.05) is 42.5 Å². The number of hydrogen-bond donors (Lipinski definition) is 1. The highest BCUT2D eigenvalue weighted by atomic mass is 16.5. The summed E-state index contributed by atoms with van der Waals surface area (Å²) in [4.78, 5) is 24.5. The first-order valence-corrected chi connectivity index (χ1v) is 10.6. The van der Waals surface area contributed by atoms with Crippen LogP contribution in [-0.2, 0) is 11.2 Å². The largest absolute Gasteiger partial charge is 0.493 e. The van der Waals surface area contributed by atoms with E-state index in [2.05, 4.69) is 10.4 Å². The summed E-state index contributed by atoms with van der Waals surface area (Å²) in [6.45, 7) is 0.466. The number of nitrogens with one attached hydrogen (secondary N) is 1. The molecular weight excluding hydrogens is 422 g/mol. The molecule has 0 spiro atoms. The van der Waals surface area contributed by atoms with Gasteiger partial charge < -0.3 is 19.2 Å². The van der Waals surface area contributed by atoms with Crippen LogP contribution >= 0.6 is 0 Å². The van der Waals surface area contributed by atoms with Gasteiger partial charge in [-0.3, -0.25) is 9.59 Å². The molecule has 2 amide bonds. The normalized spacial score (nSPS) is 13.5. The van der Waals surface area contributed by atoms with Gasteiger partial charge in [0.05, 0.1) is 26.2 Å². The number of ether oxygens (including phenoxy) is 2. The van der Waals surface area contributed by atoms with Crippen molar-refractivity contribution in [3.63, 3.8) is 0 Å². The van der Waals surface area contributed by atoms with Crippen LogP contribution in [0.1, 0.15) is 34.5 Å². The van der Waals surface area contributed by atoms with Gasteiger partial charge >= 0.3 is 0 Å². The molecule has 33 heavy (non-hydrogen) atoms. The lowest BCUT2D eigenvalue weighted by Crippen LogP contribution is -2.33. The second-order valence-electron chi connectivity index (χ2n) is 7.51. The summed E-state index contributed by atoms with van der Waals surface area (Å²) in [5.74, 6) is 1.23. The molecule has 2 aromatic carbocycles. The second-order valence-corrected chi connectivity index (χ2v) is 7.51. The highest BCUT2D eigenvalue weighted by Gasteiger charge is 2.22. The van der Waals surface area contributed by atoms with Gasteiger partial charge in [0.1, 0.15) is 0 Å². The number of hydrogen-bond acceptors (Lipinski definition) is 6. The monoisotopic (exact) mass is 447 g/mol. The predicted octanol–water partition coefficient (Wildman–Crippen LogP) is 4.12. The standard InChI is InChI=1S/C25H25N3O5/c1-31-21-11-7-18(16-23(21)32-2)20-10-12-24(29)28(27-20)14-13-17-5-8-19(9-6-17)26-25(30)22-4-3-15-33-22/h3-9,11,15-16H,10,12-14H2,1-2H3,(H,26,30). The van der Waals surface area contributed by atoms with Crippen molar-refractivity contribution in [1.82, 2.24) is 5.01 Å². The maximum Gasteiger partial charge on any atom is 0.291 e. The van der Waals surface area contributed by atoms with Crippen LogP contribution in [0.4, 0.5) is 5.69 Å². The predicted molar refractivity (Wildman–Crippen MR) is 124 cm³/mol. The number of amides is 2. The van der Waals surface area contributed by atoms with Crippen LogP contribution in [0, 0.1) is 0 Å². The highest BCUT2D eigenvalue weighted by molar-refractivity contribution is 6.04. The third kappa shape index (κ3) is 5.23. The summed E-state index contributed by atoms with van der Waals surface area (Å²) in [5.41, 5.74) is 3.45. The van der Waals surface area contributed by atoms with E-state index in [9.17, 15) is 9.59 Å². The molecule has 0 saturated heterocycles. The Bertz CT molecular complexity index is 1150. The van der Waals surface area contributed by atoms with Crippen LogP contribution in [0.3, 0.4) is 0 Å². The van der Waals surface area contributed by atoms with E-state index >= 15 is 0 Å². The van der Waals surface area contributed by atoms with E-state index in [0.29, 0.717) is 43.0 Å². The first kappa shape index (κ1) is 22.1. The molecular formula is C25H25N3O5. The third-order valence-electron chi connectivity index (χ3n) is 5.39. The molecule has 1 aliphatic heterocycles. The molecule has 3 aromatic rings. The zero-order valence-corrected chi connectivity index (χ0v) is 18.5. The molecule has 2 heterocycles. The first-order valence-electron chi connectivity index (χ1n) is 10.6. The van der Waals surface area contributed by atoms with E-state index < -0.39 is 0 Å². The maximum absolute atomic E-state index is 12.4. The molecule has 0 unspecified atom stereocenters. The molecule has 0 fully saturated rings. The minimum Gasteiger partial charge on any atom is -0.493 e. The molecule has 1 N–H and O–H groups in total. The molecule has 0 bridgehead atoms. The number of hydrazone groups is 1. The highest BCUT2D eigenvalue weighted by Crippen LogP contribution is 2.29. The zero-order chi connectivity index (χ0) is 23.2. The van der Waals surface area contributed by atoms with E-state index in [1.165, 1.54) is 11.3 Å². The smallest absolute Gasteiger partial charge is 0.291 e. The van der Waals surface area contributed by atoms with Crippen LogP contribution < -0.4 is 14.8 Å². The Balaban J connectivity index is 1.40. The Morgan fingerprint density at radius 2 is 1.85 bits per heavy atom. The Kier molecular flexibility index (Phi) is 6.73. The van der Waals surface area contributed by atoms with Crippen LogP contribution in [0.15, 0.2) is 70.4 Å². The number of furan rings is 1. The summed E-state index contributed by atoms with van der Waals surface area (Å²) in [6.07, 6.45) is 3.08. The zero-order valence-electron chi connectivity index (χ0n) is 18.5. The average molecular weight is 447 g/mol. The Labute approximate surface area is 191 Å². The van der Waals surface area contributed by atoms with Gasteiger partial charge in [-0.15, -0.1) is 0 Å². The minimum absolute atomic E-state index is 0.00144. The molecule has 8 heteroatoms. The topological polar surface area (TPSA) is 93.4 Å². The molecule has 1 aromatic heterocycles. The summed E-state index contributed by atoms with van der Waals surface area (Å²) in [7, 11) is 3.18. The van der Waals surface area contributed by atoms with Crippen molar-refractivity contribution < 1.29 is 23.5 Å². The lowest BCUT2D eigenvalue weighted by atomic mass is 10.0. The average Bonchev–Trinajstić information content (AvgIpc) is 3.39. The van der Waals surface area contributed by atoms with Gasteiger partial charge in [-0.1, -0.05) is 12.1 Å². The van der Waals surface area contributed by atoms with Crippen LogP contribution in [0.5, 0.6) is 11.5 Å². The van der Waals surface area contributed by atoms with Gasteiger partial charge in [-0.05, 0) is 54.4 Å². The fraction of sp³-hybridized carbons (Fsp3) is 0.240. The fourth-order valence-corrected chi connectivity index (χ4v) is 3.59. The quantitative estimate of drug-likeness (QED) is 0.561. The van der Waals surface area contributed by atoms with Crippen LogP contribution in [-0.4, -0.2) is 43.3 Å². The molecule has 8 nitrogen and oxygen atoms in total. The molecule has 0 saturated carbocycles. The minimum atomic E-state index is -0.302. The summed E-state index contributed by atoms with van der Waals surface area (Å²) >= 11 is 0. The van der Waals surface area contributed by atoms with Crippen molar-refractivity contribution in [3.05, 3.63) is 77.7 Å². The van der Waals surface area contributed by atoms with Crippen molar-refractivity contribution >= 4 is 23.2 Å². The fourth-order valence-electron chi connectivity index (χ4n) is 3.59. The van der Waals surface area contributed by atoms with Gasteiger partial charge in [0, 0.05) is 30.6 Å². The van der Waals surface area contributed by atoms with E-state index in [4.69, 9.17) is 13.9 Å². The van der Waals surface area contributed by atoms with Gasteiger partial charge in [0.15, 0.2) is 17.3 Å². The molecule has 0 radical (unpaired) electrons.